The normalized spacial score (nSPS) is 16.0. The maximum absolute atomic E-state index is 12.7. The Morgan fingerprint density at radius 3 is 2.14 bits per heavy atom. The zero-order valence-corrected chi connectivity index (χ0v) is 23.6. The van der Waals surface area contributed by atoms with Crippen LogP contribution in [-0.4, -0.2) is 82.5 Å². The van der Waals surface area contributed by atoms with Crippen LogP contribution in [0.25, 0.3) is 0 Å². The van der Waals surface area contributed by atoms with Crippen molar-refractivity contribution in [2.24, 2.45) is 5.73 Å². The number of alkyl halides is 3. The number of nitrogens with two attached hydrogens (primary N) is 1. The van der Waals surface area contributed by atoms with Crippen LogP contribution in [0, 0.1) is 0 Å². The summed E-state index contributed by atoms with van der Waals surface area (Å²) >= 11 is 0. The quantitative estimate of drug-likeness (QED) is 0.339. The number of hydrogen-bond acceptors (Lipinski definition) is 8. The van der Waals surface area contributed by atoms with Gasteiger partial charge in [0.1, 0.15) is 12.0 Å². The van der Waals surface area contributed by atoms with Crippen molar-refractivity contribution in [3.05, 3.63) is 47.7 Å². The molecule has 230 valence electrons. The smallest absolute Gasteiger partial charge is 0.447 e. The first-order valence-electron chi connectivity index (χ1n) is 13.3. The lowest BCUT2D eigenvalue weighted by molar-refractivity contribution is -0.189. The van der Waals surface area contributed by atoms with Gasteiger partial charge in [-0.15, -0.1) is 0 Å². The van der Waals surface area contributed by atoms with Crippen LogP contribution in [0.1, 0.15) is 66.8 Å². The molecule has 1 aromatic carbocycles. The summed E-state index contributed by atoms with van der Waals surface area (Å²) in [5.41, 5.74) is 4.92. The van der Waals surface area contributed by atoms with E-state index in [0.29, 0.717) is 44.7 Å². The number of rotatable bonds is 6. The molecule has 2 aromatic rings. The molecule has 15 heteroatoms. The van der Waals surface area contributed by atoms with E-state index in [0.717, 1.165) is 25.0 Å². The second kappa shape index (κ2) is 13.7. The fourth-order valence-electron chi connectivity index (χ4n) is 3.96. The number of piperazine rings is 1. The van der Waals surface area contributed by atoms with E-state index in [9.17, 15) is 32.3 Å². The Balaban J connectivity index is 0.000000521. The van der Waals surface area contributed by atoms with Crippen molar-refractivity contribution in [2.45, 2.75) is 64.3 Å². The van der Waals surface area contributed by atoms with E-state index in [1.54, 1.807) is 4.90 Å². The Bertz CT molecular complexity index is 1250. The molecular formula is C27H35F3N6O6. The molecule has 42 heavy (non-hydrogen) atoms. The lowest BCUT2D eigenvalue weighted by Crippen LogP contribution is -2.48. The SMILES string of the molecule is CC(C)(C)NC(=O)c1coc(CN2CCN(C(=O)c3ccc(OC(=O)C(F)(F)F)cc3)CC2)n1.NC(=O)NC1CCC1. The summed E-state index contributed by atoms with van der Waals surface area (Å²) in [6, 6.07) is 4.89. The zero-order chi connectivity index (χ0) is 31.1. The van der Waals surface area contributed by atoms with E-state index in [-0.39, 0.29) is 28.8 Å². The van der Waals surface area contributed by atoms with Gasteiger partial charge >= 0.3 is 18.2 Å². The summed E-state index contributed by atoms with van der Waals surface area (Å²) < 4.78 is 46.5. The van der Waals surface area contributed by atoms with Crippen molar-refractivity contribution in [1.29, 1.82) is 0 Å². The van der Waals surface area contributed by atoms with Crippen LogP contribution < -0.4 is 21.1 Å². The van der Waals surface area contributed by atoms with E-state index >= 15 is 0 Å². The molecule has 0 radical (unpaired) electrons. The van der Waals surface area contributed by atoms with Gasteiger partial charge in [0.05, 0.1) is 6.54 Å². The molecule has 4 amide bonds. The minimum Gasteiger partial charge on any atom is -0.447 e. The molecule has 0 spiro atoms. The first-order valence-corrected chi connectivity index (χ1v) is 13.3. The van der Waals surface area contributed by atoms with Crippen LogP contribution in [0.15, 0.2) is 34.9 Å². The van der Waals surface area contributed by atoms with Gasteiger partial charge in [-0.1, -0.05) is 0 Å². The molecule has 0 bridgehead atoms. The van der Waals surface area contributed by atoms with Crippen molar-refractivity contribution in [2.75, 3.05) is 26.2 Å². The predicted molar refractivity (Wildman–Crippen MR) is 143 cm³/mol. The summed E-state index contributed by atoms with van der Waals surface area (Å²) in [5.74, 6) is -2.84. The maximum atomic E-state index is 12.7. The van der Waals surface area contributed by atoms with Gasteiger partial charge in [0.2, 0.25) is 5.89 Å². The summed E-state index contributed by atoms with van der Waals surface area (Å²) in [6.45, 7) is 7.89. The Hall–Kier alpha value is -4.14. The Labute approximate surface area is 240 Å². The number of halogens is 3. The van der Waals surface area contributed by atoms with Gasteiger partial charge in [-0.2, -0.15) is 13.2 Å². The molecular weight excluding hydrogens is 561 g/mol. The average Bonchev–Trinajstić information content (AvgIpc) is 3.34. The van der Waals surface area contributed by atoms with Crippen LogP contribution in [0.4, 0.5) is 18.0 Å². The van der Waals surface area contributed by atoms with Crippen molar-refractivity contribution >= 4 is 23.8 Å². The van der Waals surface area contributed by atoms with Gasteiger partial charge in [-0.3, -0.25) is 14.5 Å². The van der Waals surface area contributed by atoms with Crippen LogP contribution in [-0.2, 0) is 11.3 Å². The monoisotopic (exact) mass is 596 g/mol. The first-order chi connectivity index (χ1) is 19.6. The number of benzene rings is 1. The van der Waals surface area contributed by atoms with E-state index in [1.807, 2.05) is 25.7 Å². The van der Waals surface area contributed by atoms with Crippen molar-refractivity contribution in [3.63, 3.8) is 0 Å². The highest BCUT2D eigenvalue weighted by atomic mass is 19.4. The lowest BCUT2D eigenvalue weighted by Gasteiger charge is -2.34. The molecule has 1 aliphatic heterocycles. The second-order valence-corrected chi connectivity index (χ2v) is 10.9. The highest BCUT2D eigenvalue weighted by Gasteiger charge is 2.41. The Morgan fingerprint density at radius 1 is 1.05 bits per heavy atom. The summed E-state index contributed by atoms with van der Waals surface area (Å²) in [6.07, 6.45) is -0.359. The van der Waals surface area contributed by atoms with E-state index < -0.39 is 23.7 Å². The number of oxazole rings is 1. The minimum absolute atomic E-state index is 0.197. The second-order valence-electron chi connectivity index (χ2n) is 10.9. The molecule has 1 saturated heterocycles. The molecule has 2 aliphatic rings. The average molecular weight is 597 g/mol. The molecule has 12 nitrogen and oxygen atoms in total. The van der Waals surface area contributed by atoms with Gasteiger partial charge in [0, 0.05) is 43.3 Å². The third kappa shape index (κ3) is 10.0. The number of nitrogens with one attached hydrogen (secondary N) is 2. The molecule has 1 aliphatic carbocycles. The number of primary amides is 1. The third-order valence-electron chi connectivity index (χ3n) is 6.29. The minimum atomic E-state index is -5.10. The predicted octanol–water partition coefficient (Wildman–Crippen LogP) is 2.84. The molecule has 4 rings (SSSR count). The number of hydrogen-bond donors (Lipinski definition) is 3. The van der Waals surface area contributed by atoms with Crippen molar-refractivity contribution < 1.29 is 41.5 Å². The summed E-state index contributed by atoms with van der Waals surface area (Å²) in [4.78, 5) is 53.7. The first kappa shape index (κ1) is 32.4. The van der Waals surface area contributed by atoms with Crippen LogP contribution >= 0.6 is 0 Å². The molecule has 0 unspecified atom stereocenters. The molecule has 1 aromatic heterocycles. The molecule has 0 atom stereocenters. The number of ether oxygens (including phenoxy) is 1. The number of carbonyl (C=O) groups excluding carboxylic acids is 4. The highest BCUT2D eigenvalue weighted by molar-refractivity contribution is 5.94. The number of nitrogens with zero attached hydrogens (tertiary/aromatic N) is 3. The number of aromatic nitrogens is 1. The van der Waals surface area contributed by atoms with Gasteiger partial charge in [-0.05, 0) is 64.3 Å². The topological polar surface area (TPSA) is 160 Å². The third-order valence-corrected chi connectivity index (χ3v) is 6.29. The van der Waals surface area contributed by atoms with Crippen LogP contribution in [0.2, 0.25) is 0 Å². The fourth-order valence-corrected chi connectivity index (χ4v) is 3.96. The molecule has 1 saturated carbocycles. The summed E-state index contributed by atoms with van der Waals surface area (Å²) in [7, 11) is 0. The molecule has 4 N–H and O–H groups in total. The van der Waals surface area contributed by atoms with Gasteiger partial charge in [0.15, 0.2) is 5.69 Å². The van der Waals surface area contributed by atoms with Crippen LogP contribution in [0.5, 0.6) is 5.75 Å². The lowest BCUT2D eigenvalue weighted by atomic mass is 9.93. The number of esters is 1. The van der Waals surface area contributed by atoms with Gasteiger partial charge < -0.3 is 30.4 Å². The van der Waals surface area contributed by atoms with Crippen molar-refractivity contribution in [1.82, 2.24) is 25.4 Å². The fraction of sp³-hybridized carbons (Fsp3) is 0.519. The van der Waals surface area contributed by atoms with E-state index in [4.69, 9.17) is 10.2 Å². The zero-order valence-electron chi connectivity index (χ0n) is 23.6. The maximum Gasteiger partial charge on any atom is 0.491 e. The van der Waals surface area contributed by atoms with Gasteiger partial charge in [0.25, 0.3) is 11.8 Å². The molecule has 2 heterocycles. The number of urea groups is 1. The van der Waals surface area contributed by atoms with Crippen molar-refractivity contribution in [3.8, 4) is 5.75 Å². The van der Waals surface area contributed by atoms with E-state index in [1.165, 1.54) is 24.8 Å². The standard InChI is InChI=1S/C22H25F3N4O5.C5H10N2O/c1-21(2,3)27-18(30)16-13-33-17(26-16)12-28-8-10-29(11-9-28)19(31)14-4-6-15(7-5-14)34-20(32)22(23,24)25;6-5(8)7-4-2-1-3-4/h4-7,13H,8-12H2,1-3H3,(H,27,30);4H,1-3H2,(H3,6,7,8). The van der Waals surface area contributed by atoms with Gasteiger partial charge in [-0.25, -0.2) is 14.6 Å². The summed E-state index contributed by atoms with van der Waals surface area (Å²) in [5, 5.41) is 5.43. The number of amides is 4. The van der Waals surface area contributed by atoms with E-state index in [2.05, 4.69) is 20.4 Å². The number of carbonyl (C=O) groups is 4. The van der Waals surface area contributed by atoms with Crippen LogP contribution in [0.3, 0.4) is 0 Å². The largest absolute Gasteiger partial charge is 0.491 e. The Kier molecular flexibility index (Phi) is 10.5. The highest BCUT2D eigenvalue weighted by Crippen LogP contribution is 2.21. The molecule has 2 fully saturated rings. The Morgan fingerprint density at radius 2 is 1.67 bits per heavy atom.